The van der Waals surface area contributed by atoms with Gasteiger partial charge in [0, 0.05) is 27.5 Å². The molecule has 0 saturated carbocycles. The molecule has 0 spiro atoms. The highest BCUT2D eigenvalue weighted by atomic mass is 79.9. The van der Waals surface area contributed by atoms with Gasteiger partial charge in [-0.05, 0) is 35.9 Å². The maximum absolute atomic E-state index is 14.0. The summed E-state index contributed by atoms with van der Waals surface area (Å²) in [5.41, 5.74) is 6.10. The number of hydrogen-bond donors (Lipinski definition) is 2. The lowest BCUT2D eigenvalue weighted by molar-refractivity contribution is 0.145. The van der Waals surface area contributed by atoms with Crippen molar-refractivity contribution in [2.24, 2.45) is 5.73 Å². The van der Waals surface area contributed by atoms with E-state index in [1.807, 2.05) is 0 Å². The molecule has 3 N–H and O–H groups in total. The normalized spacial score (nSPS) is 14.0. The summed E-state index contributed by atoms with van der Waals surface area (Å²) in [5, 5.41) is 10.6. The van der Waals surface area contributed by atoms with Crippen molar-refractivity contribution in [2.75, 3.05) is 6.54 Å². The summed E-state index contributed by atoms with van der Waals surface area (Å²) in [7, 11) is 0. The van der Waals surface area contributed by atoms with Crippen LogP contribution in [0.1, 0.15) is 23.1 Å². The standard InChI is InChI=1S/C15H13BrClF2NO/c16-9-4-8(5-10(18)6-9)15(21)11(7-20)14-12(17)2-1-3-13(14)19/h1-6,11,15,21H,7,20H2. The van der Waals surface area contributed by atoms with Crippen molar-refractivity contribution >= 4 is 27.5 Å². The molecule has 0 saturated heterocycles. The van der Waals surface area contributed by atoms with Gasteiger partial charge < -0.3 is 10.8 Å². The van der Waals surface area contributed by atoms with Gasteiger partial charge in [0.05, 0.1) is 6.10 Å². The maximum Gasteiger partial charge on any atom is 0.128 e. The summed E-state index contributed by atoms with van der Waals surface area (Å²) in [4.78, 5) is 0. The fourth-order valence-electron chi connectivity index (χ4n) is 2.25. The lowest BCUT2D eigenvalue weighted by atomic mass is 9.88. The quantitative estimate of drug-likeness (QED) is 0.842. The molecule has 0 fully saturated rings. The van der Waals surface area contributed by atoms with Crippen LogP contribution >= 0.6 is 27.5 Å². The Bertz CT molecular complexity index is 613. The van der Waals surface area contributed by atoms with E-state index in [-0.39, 0.29) is 17.1 Å². The van der Waals surface area contributed by atoms with Gasteiger partial charge >= 0.3 is 0 Å². The van der Waals surface area contributed by atoms with Crippen LogP contribution in [0.2, 0.25) is 5.02 Å². The Hall–Kier alpha value is -1.01. The summed E-state index contributed by atoms with van der Waals surface area (Å²) in [5.74, 6) is -1.83. The fraction of sp³-hybridized carbons (Fsp3) is 0.200. The number of nitrogens with two attached hydrogens (primary N) is 1. The minimum Gasteiger partial charge on any atom is -0.388 e. The monoisotopic (exact) mass is 375 g/mol. The predicted octanol–water partition coefficient (Wildman–Crippen LogP) is 4.16. The molecule has 2 aromatic rings. The molecule has 0 aliphatic carbocycles. The highest BCUT2D eigenvalue weighted by Gasteiger charge is 2.27. The molecule has 0 aromatic heterocycles. The van der Waals surface area contributed by atoms with E-state index in [1.165, 1.54) is 30.3 Å². The molecular formula is C15H13BrClF2NO. The van der Waals surface area contributed by atoms with Crippen molar-refractivity contribution in [1.29, 1.82) is 0 Å². The highest BCUT2D eigenvalue weighted by molar-refractivity contribution is 9.10. The zero-order valence-corrected chi connectivity index (χ0v) is 13.2. The molecule has 2 atom stereocenters. The van der Waals surface area contributed by atoms with Crippen LogP contribution in [-0.2, 0) is 0 Å². The third-order valence-electron chi connectivity index (χ3n) is 3.23. The molecule has 2 rings (SSSR count). The third kappa shape index (κ3) is 3.61. The van der Waals surface area contributed by atoms with E-state index in [0.29, 0.717) is 10.0 Å². The first-order valence-electron chi connectivity index (χ1n) is 6.22. The minimum absolute atomic E-state index is 0.0318. The van der Waals surface area contributed by atoms with Gasteiger partial charge in [0.25, 0.3) is 0 Å². The Labute approximate surface area is 134 Å². The van der Waals surface area contributed by atoms with Gasteiger partial charge in [-0.2, -0.15) is 0 Å². The Morgan fingerprint density at radius 2 is 1.95 bits per heavy atom. The second-order valence-corrected chi connectivity index (χ2v) is 5.95. The fourth-order valence-corrected chi connectivity index (χ4v) is 3.03. The summed E-state index contributed by atoms with van der Waals surface area (Å²) < 4.78 is 27.9. The molecular weight excluding hydrogens is 364 g/mol. The summed E-state index contributed by atoms with van der Waals surface area (Å²) in [6.45, 7) is -0.0318. The highest BCUT2D eigenvalue weighted by Crippen LogP contribution is 2.36. The van der Waals surface area contributed by atoms with Crippen molar-refractivity contribution in [3.05, 3.63) is 68.7 Å². The maximum atomic E-state index is 14.0. The van der Waals surface area contributed by atoms with E-state index in [4.69, 9.17) is 17.3 Å². The van der Waals surface area contributed by atoms with Crippen LogP contribution in [0.25, 0.3) is 0 Å². The van der Waals surface area contributed by atoms with Crippen LogP contribution < -0.4 is 5.73 Å². The van der Waals surface area contributed by atoms with Gasteiger partial charge in [-0.15, -0.1) is 0 Å². The van der Waals surface area contributed by atoms with Gasteiger partial charge in [-0.25, -0.2) is 8.78 Å². The molecule has 112 valence electrons. The Morgan fingerprint density at radius 1 is 1.24 bits per heavy atom. The lowest BCUT2D eigenvalue weighted by Crippen LogP contribution is -2.21. The van der Waals surface area contributed by atoms with E-state index < -0.39 is 23.7 Å². The van der Waals surface area contributed by atoms with Gasteiger partial charge in [-0.3, -0.25) is 0 Å². The molecule has 0 heterocycles. The van der Waals surface area contributed by atoms with E-state index >= 15 is 0 Å². The number of benzene rings is 2. The number of halogens is 4. The number of rotatable bonds is 4. The topological polar surface area (TPSA) is 46.2 Å². The predicted molar refractivity (Wildman–Crippen MR) is 82.3 cm³/mol. The first-order valence-corrected chi connectivity index (χ1v) is 7.39. The molecule has 2 nitrogen and oxygen atoms in total. The van der Waals surface area contributed by atoms with Crippen molar-refractivity contribution in [3.8, 4) is 0 Å². The molecule has 0 amide bonds. The number of hydrogen-bond acceptors (Lipinski definition) is 2. The largest absolute Gasteiger partial charge is 0.388 e. The Morgan fingerprint density at radius 3 is 2.52 bits per heavy atom. The molecule has 0 bridgehead atoms. The van der Waals surface area contributed by atoms with Crippen molar-refractivity contribution in [1.82, 2.24) is 0 Å². The zero-order chi connectivity index (χ0) is 15.6. The van der Waals surface area contributed by atoms with Crippen molar-refractivity contribution in [3.63, 3.8) is 0 Å². The molecule has 21 heavy (non-hydrogen) atoms. The van der Waals surface area contributed by atoms with Crippen LogP contribution in [0.5, 0.6) is 0 Å². The van der Waals surface area contributed by atoms with Gasteiger partial charge in [0.15, 0.2) is 0 Å². The number of aliphatic hydroxyl groups excluding tert-OH is 1. The number of aliphatic hydroxyl groups is 1. The van der Waals surface area contributed by atoms with E-state index in [9.17, 15) is 13.9 Å². The molecule has 6 heteroatoms. The Kier molecular flexibility index (Phi) is 5.32. The lowest BCUT2D eigenvalue weighted by Gasteiger charge is -2.24. The molecule has 0 radical (unpaired) electrons. The summed E-state index contributed by atoms with van der Waals surface area (Å²) in [6.07, 6.45) is -1.17. The van der Waals surface area contributed by atoms with Crippen molar-refractivity contribution < 1.29 is 13.9 Å². The van der Waals surface area contributed by atoms with E-state index in [2.05, 4.69) is 15.9 Å². The first-order chi connectivity index (χ1) is 9.93. The Balaban J connectivity index is 2.45. The smallest absolute Gasteiger partial charge is 0.128 e. The summed E-state index contributed by atoms with van der Waals surface area (Å²) in [6, 6.07) is 8.26. The minimum atomic E-state index is -1.17. The van der Waals surface area contributed by atoms with E-state index in [0.717, 1.165) is 0 Å². The average Bonchev–Trinajstić information content (AvgIpc) is 2.41. The van der Waals surface area contributed by atoms with Gasteiger partial charge in [0.2, 0.25) is 0 Å². The average molecular weight is 377 g/mol. The zero-order valence-electron chi connectivity index (χ0n) is 10.9. The molecule has 2 aromatic carbocycles. The van der Waals surface area contributed by atoms with Crippen molar-refractivity contribution in [2.45, 2.75) is 12.0 Å². The van der Waals surface area contributed by atoms with Crippen LogP contribution in [-0.4, -0.2) is 11.7 Å². The van der Waals surface area contributed by atoms with E-state index in [1.54, 1.807) is 6.07 Å². The van der Waals surface area contributed by atoms with Crippen LogP contribution in [0, 0.1) is 11.6 Å². The third-order valence-corrected chi connectivity index (χ3v) is 4.02. The first kappa shape index (κ1) is 16.4. The summed E-state index contributed by atoms with van der Waals surface area (Å²) >= 11 is 9.16. The van der Waals surface area contributed by atoms with Gasteiger partial charge in [0.1, 0.15) is 11.6 Å². The second-order valence-electron chi connectivity index (χ2n) is 4.63. The van der Waals surface area contributed by atoms with Crippen LogP contribution in [0.3, 0.4) is 0 Å². The second kappa shape index (κ2) is 6.83. The van der Waals surface area contributed by atoms with Gasteiger partial charge in [-0.1, -0.05) is 33.6 Å². The SMILES string of the molecule is NCC(c1c(F)cccc1Cl)C(O)c1cc(F)cc(Br)c1. The molecule has 0 aliphatic heterocycles. The van der Waals surface area contributed by atoms with Crippen LogP contribution in [0.15, 0.2) is 40.9 Å². The molecule has 0 aliphatic rings. The molecule has 2 unspecified atom stereocenters. The van der Waals surface area contributed by atoms with Crippen LogP contribution in [0.4, 0.5) is 8.78 Å².